The van der Waals surface area contributed by atoms with Gasteiger partial charge in [0.1, 0.15) is 5.82 Å². The zero-order valence-corrected chi connectivity index (χ0v) is 11.4. The zero-order valence-electron chi connectivity index (χ0n) is 9.76. The van der Waals surface area contributed by atoms with E-state index in [1.165, 1.54) is 18.0 Å². The number of carbonyl (C=O) groups is 1. The lowest BCUT2D eigenvalue weighted by atomic mass is 10.2. The van der Waals surface area contributed by atoms with Crippen molar-refractivity contribution in [2.45, 2.75) is 5.25 Å². The molecule has 0 saturated carbocycles. The number of anilines is 2. The molecule has 0 aromatic carbocycles. The highest BCUT2D eigenvalue weighted by molar-refractivity contribution is 8.06. The summed E-state index contributed by atoms with van der Waals surface area (Å²) >= 11 is 3.87. The van der Waals surface area contributed by atoms with Gasteiger partial charge in [-0.15, -0.1) is 0 Å². The molecule has 0 bridgehead atoms. The van der Waals surface area contributed by atoms with Gasteiger partial charge in [0.15, 0.2) is 0 Å². The molecule has 0 spiro atoms. The van der Waals surface area contributed by atoms with E-state index in [1.807, 2.05) is 23.5 Å². The Labute approximate surface area is 114 Å². The second kappa shape index (κ2) is 6.19. The number of thioether (sulfide) groups is 2. The van der Waals surface area contributed by atoms with Crippen LogP contribution in [0.5, 0.6) is 0 Å². The fourth-order valence-electron chi connectivity index (χ4n) is 1.67. The molecule has 1 aromatic heterocycles. The second-order valence-corrected chi connectivity index (χ2v) is 6.43. The van der Waals surface area contributed by atoms with Crippen molar-refractivity contribution >= 4 is 41.0 Å². The predicted octanol–water partition coefficient (Wildman–Crippen LogP) is 1.62. The second-order valence-electron chi connectivity index (χ2n) is 3.87. The molecule has 1 aromatic rings. The molecule has 1 aliphatic heterocycles. The maximum atomic E-state index is 10.9. The lowest BCUT2D eigenvalue weighted by Gasteiger charge is -2.21. The van der Waals surface area contributed by atoms with Crippen molar-refractivity contribution in [1.82, 2.24) is 4.98 Å². The highest BCUT2D eigenvalue weighted by Crippen LogP contribution is 2.25. The van der Waals surface area contributed by atoms with Gasteiger partial charge in [-0.1, -0.05) is 0 Å². The molecule has 98 valence electrons. The average Bonchev–Trinajstić information content (AvgIpc) is 2.38. The largest absolute Gasteiger partial charge is 0.478 e. The van der Waals surface area contributed by atoms with E-state index in [4.69, 9.17) is 10.8 Å². The van der Waals surface area contributed by atoms with Crippen LogP contribution in [-0.2, 0) is 0 Å². The number of hydrogen-bond acceptors (Lipinski definition) is 6. The van der Waals surface area contributed by atoms with E-state index in [0.717, 1.165) is 18.1 Å². The molecule has 1 saturated heterocycles. The molecule has 18 heavy (non-hydrogen) atoms. The normalized spacial score (nSPS) is 19.4. The van der Waals surface area contributed by atoms with Crippen LogP contribution < -0.4 is 11.1 Å². The van der Waals surface area contributed by atoms with Crippen LogP contribution >= 0.6 is 23.5 Å². The van der Waals surface area contributed by atoms with E-state index in [1.54, 1.807) is 0 Å². The first kappa shape index (κ1) is 13.4. The monoisotopic (exact) mass is 285 g/mol. The molecule has 7 heteroatoms. The summed E-state index contributed by atoms with van der Waals surface area (Å²) in [5.74, 6) is 2.91. The Bertz CT molecular complexity index is 436. The number of carboxylic acids is 1. The predicted molar refractivity (Wildman–Crippen MR) is 77.7 cm³/mol. The van der Waals surface area contributed by atoms with Crippen LogP contribution in [0.15, 0.2) is 12.3 Å². The zero-order chi connectivity index (χ0) is 13.0. The summed E-state index contributed by atoms with van der Waals surface area (Å²) in [6.45, 7) is 0.762. The van der Waals surface area contributed by atoms with Crippen LogP contribution in [0.1, 0.15) is 10.4 Å². The number of nitrogens with one attached hydrogen (secondary N) is 1. The molecule has 1 fully saturated rings. The molecule has 2 heterocycles. The lowest BCUT2D eigenvalue weighted by molar-refractivity contribution is 0.0698. The van der Waals surface area contributed by atoms with Crippen LogP contribution in [0.3, 0.4) is 0 Å². The first-order valence-corrected chi connectivity index (χ1v) is 7.80. The van der Waals surface area contributed by atoms with Crippen molar-refractivity contribution in [3.8, 4) is 0 Å². The van der Waals surface area contributed by atoms with Crippen molar-refractivity contribution in [3.63, 3.8) is 0 Å². The molecule has 1 unspecified atom stereocenters. The number of pyridine rings is 1. The maximum absolute atomic E-state index is 10.9. The summed E-state index contributed by atoms with van der Waals surface area (Å²) in [6.07, 6.45) is 1.46. The smallest absolute Gasteiger partial charge is 0.337 e. The minimum Gasteiger partial charge on any atom is -0.478 e. The van der Waals surface area contributed by atoms with E-state index in [9.17, 15) is 4.79 Å². The molecular weight excluding hydrogens is 270 g/mol. The van der Waals surface area contributed by atoms with Crippen molar-refractivity contribution in [2.75, 3.05) is 34.9 Å². The lowest BCUT2D eigenvalue weighted by Crippen LogP contribution is -2.24. The van der Waals surface area contributed by atoms with E-state index in [-0.39, 0.29) is 11.3 Å². The van der Waals surface area contributed by atoms with Crippen molar-refractivity contribution in [1.29, 1.82) is 0 Å². The third kappa shape index (κ3) is 3.23. The van der Waals surface area contributed by atoms with E-state index < -0.39 is 5.97 Å². The molecule has 0 radical (unpaired) electrons. The van der Waals surface area contributed by atoms with Gasteiger partial charge < -0.3 is 16.2 Å². The number of aromatic carboxylic acids is 1. The SMILES string of the molecule is Nc1c(C(=O)O)ccnc1NCC1CSCCS1. The van der Waals surface area contributed by atoms with Gasteiger partial charge in [0.05, 0.1) is 11.3 Å². The van der Waals surface area contributed by atoms with E-state index >= 15 is 0 Å². The quantitative estimate of drug-likeness (QED) is 0.774. The summed E-state index contributed by atoms with van der Waals surface area (Å²) in [5.41, 5.74) is 6.08. The van der Waals surface area contributed by atoms with Crippen molar-refractivity contribution in [2.24, 2.45) is 0 Å². The van der Waals surface area contributed by atoms with Crippen molar-refractivity contribution < 1.29 is 9.90 Å². The molecule has 0 aliphatic carbocycles. The van der Waals surface area contributed by atoms with Gasteiger partial charge in [-0.05, 0) is 6.07 Å². The average molecular weight is 285 g/mol. The third-order valence-electron chi connectivity index (χ3n) is 2.60. The van der Waals surface area contributed by atoms with E-state index in [0.29, 0.717) is 11.1 Å². The first-order chi connectivity index (χ1) is 8.68. The van der Waals surface area contributed by atoms with Crippen LogP contribution in [0, 0.1) is 0 Å². The number of rotatable bonds is 4. The van der Waals surface area contributed by atoms with Gasteiger partial charge in [0, 0.05) is 35.3 Å². The molecule has 0 amide bonds. The molecule has 1 aliphatic rings. The minimum absolute atomic E-state index is 0.0955. The van der Waals surface area contributed by atoms with Gasteiger partial charge in [-0.2, -0.15) is 23.5 Å². The number of carboxylic acid groups (broad SMARTS) is 1. The van der Waals surface area contributed by atoms with Gasteiger partial charge in [-0.25, -0.2) is 9.78 Å². The summed E-state index contributed by atoms with van der Waals surface area (Å²) in [6, 6.07) is 1.41. The number of nitrogens with zero attached hydrogens (tertiary/aromatic N) is 1. The van der Waals surface area contributed by atoms with Gasteiger partial charge >= 0.3 is 5.97 Å². The van der Waals surface area contributed by atoms with E-state index in [2.05, 4.69) is 10.3 Å². The highest BCUT2D eigenvalue weighted by Gasteiger charge is 2.16. The molecule has 1 atom stereocenters. The Balaban J connectivity index is 2.00. The van der Waals surface area contributed by atoms with Crippen LogP contribution in [0.25, 0.3) is 0 Å². The fraction of sp³-hybridized carbons (Fsp3) is 0.455. The Morgan fingerprint density at radius 1 is 1.61 bits per heavy atom. The Kier molecular flexibility index (Phi) is 4.60. The summed E-state index contributed by atoms with van der Waals surface area (Å²) in [4.78, 5) is 15.0. The Hall–Kier alpha value is -1.08. The molecule has 4 N–H and O–H groups in total. The summed E-state index contributed by atoms with van der Waals surface area (Å²) in [7, 11) is 0. The number of aromatic nitrogens is 1. The Morgan fingerprint density at radius 3 is 3.11 bits per heavy atom. The highest BCUT2D eigenvalue weighted by atomic mass is 32.2. The summed E-state index contributed by atoms with van der Waals surface area (Å²) < 4.78 is 0. The maximum Gasteiger partial charge on any atom is 0.337 e. The van der Waals surface area contributed by atoms with Crippen LogP contribution in [0.2, 0.25) is 0 Å². The van der Waals surface area contributed by atoms with Gasteiger partial charge in [0.25, 0.3) is 0 Å². The number of hydrogen-bond donors (Lipinski definition) is 3. The summed E-state index contributed by atoms with van der Waals surface area (Å²) in [5, 5.41) is 12.6. The van der Waals surface area contributed by atoms with Gasteiger partial charge in [0.2, 0.25) is 0 Å². The minimum atomic E-state index is -1.03. The molecular formula is C11H15N3O2S2. The molecule has 5 nitrogen and oxygen atoms in total. The van der Waals surface area contributed by atoms with Crippen LogP contribution in [0.4, 0.5) is 11.5 Å². The topological polar surface area (TPSA) is 88.2 Å². The standard InChI is InChI=1S/C11H15N3O2S2/c12-9-8(11(15)16)1-2-13-10(9)14-5-7-6-17-3-4-18-7/h1-2,7H,3-6,12H2,(H,13,14)(H,15,16). The third-order valence-corrected chi connectivity index (χ3v) is 5.45. The number of nitrogens with two attached hydrogens (primary N) is 1. The first-order valence-electron chi connectivity index (χ1n) is 5.59. The Morgan fingerprint density at radius 2 is 2.44 bits per heavy atom. The number of nitrogen functional groups attached to an aromatic ring is 1. The van der Waals surface area contributed by atoms with Crippen molar-refractivity contribution in [3.05, 3.63) is 17.8 Å². The van der Waals surface area contributed by atoms with Gasteiger partial charge in [-0.3, -0.25) is 0 Å². The van der Waals surface area contributed by atoms with Crippen LogP contribution in [-0.4, -0.2) is 45.1 Å². The molecule has 2 rings (SSSR count). The fourth-order valence-corrected chi connectivity index (χ4v) is 4.28.